The van der Waals surface area contributed by atoms with E-state index in [1.54, 1.807) is 13.8 Å². The number of aliphatic hydroxyl groups is 1. The summed E-state index contributed by atoms with van der Waals surface area (Å²) in [5, 5.41) is 33.2. The standard InChI is InChI=1S/C13H21N3O5/c1-8(17)6-15-11-3-4-12(16(19)20)10(13(11)18)7-21-9(2)5-14/h3-4,8-9,15,17-18H,5-7,14H2,1-2H3. The van der Waals surface area contributed by atoms with E-state index in [0.717, 1.165) is 0 Å². The molecule has 0 radical (unpaired) electrons. The van der Waals surface area contributed by atoms with Crippen molar-refractivity contribution in [1.29, 1.82) is 0 Å². The van der Waals surface area contributed by atoms with Crippen molar-refractivity contribution in [2.45, 2.75) is 32.7 Å². The van der Waals surface area contributed by atoms with Gasteiger partial charge >= 0.3 is 0 Å². The summed E-state index contributed by atoms with van der Waals surface area (Å²) in [6, 6.07) is 2.68. The molecule has 0 aliphatic rings. The van der Waals surface area contributed by atoms with Gasteiger partial charge in [-0.3, -0.25) is 10.1 Å². The molecule has 1 rings (SSSR count). The van der Waals surface area contributed by atoms with E-state index in [1.807, 2.05) is 0 Å². The van der Waals surface area contributed by atoms with Crippen LogP contribution in [0.3, 0.4) is 0 Å². The van der Waals surface area contributed by atoms with Crippen LogP contribution >= 0.6 is 0 Å². The first-order chi connectivity index (χ1) is 9.86. The average molecular weight is 299 g/mol. The molecule has 8 heteroatoms. The van der Waals surface area contributed by atoms with E-state index >= 15 is 0 Å². The fraction of sp³-hybridized carbons (Fsp3) is 0.538. The number of hydrogen-bond acceptors (Lipinski definition) is 7. The second-order valence-corrected chi connectivity index (χ2v) is 4.80. The number of nitro groups is 1. The minimum atomic E-state index is -0.614. The van der Waals surface area contributed by atoms with Crippen molar-refractivity contribution in [2.75, 3.05) is 18.4 Å². The van der Waals surface area contributed by atoms with Crippen molar-refractivity contribution in [3.63, 3.8) is 0 Å². The fourth-order valence-electron chi connectivity index (χ4n) is 1.63. The van der Waals surface area contributed by atoms with Crippen LogP contribution in [0.5, 0.6) is 5.75 Å². The van der Waals surface area contributed by atoms with Gasteiger partial charge in [0, 0.05) is 19.2 Å². The van der Waals surface area contributed by atoms with Gasteiger partial charge < -0.3 is 26.0 Å². The lowest BCUT2D eigenvalue weighted by atomic mass is 10.1. The zero-order valence-electron chi connectivity index (χ0n) is 12.1. The Bertz CT molecular complexity index is 493. The number of aromatic hydroxyl groups is 1. The van der Waals surface area contributed by atoms with E-state index in [1.165, 1.54) is 12.1 Å². The number of aliphatic hydroxyl groups excluding tert-OH is 1. The summed E-state index contributed by atoms with van der Waals surface area (Å²) in [4.78, 5) is 10.4. The number of benzene rings is 1. The van der Waals surface area contributed by atoms with Gasteiger partial charge in [-0.15, -0.1) is 0 Å². The highest BCUT2D eigenvalue weighted by molar-refractivity contribution is 5.65. The van der Waals surface area contributed by atoms with Crippen molar-refractivity contribution in [2.24, 2.45) is 5.73 Å². The van der Waals surface area contributed by atoms with E-state index in [4.69, 9.17) is 10.5 Å². The van der Waals surface area contributed by atoms with Crippen LogP contribution < -0.4 is 11.1 Å². The van der Waals surface area contributed by atoms with Gasteiger partial charge in [-0.05, 0) is 19.9 Å². The number of ether oxygens (including phenoxy) is 1. The Morgan fingerprint density at radius 3 is 2.67 bits per heavy atom. The number of phenolic OH excluding ortho intramolecular Hbond substituents is 1. The number of phenols is 1. The monoisotopic (exact) mass is 299 g/mol. The quantitative estimate of drug-likeness (QED) is 0.319. The molecule has 0 saturated heterocycles. The van der Waals surface area contributed by atoms with E-state index in [9.17, 15) is 20.3 Å². The summed E-state index contributed by atoms with van der Waals surface area (Å²) >= 11 is 0. The topological polar surface area (TPSA) is 131 Å². The molecule has 8 nitrogen and oxygen atoms in total. The lowest BCUT2D eigenvalue weighted by Gasteiger charge is -2.15. The second kappa shape index (κ2) is 7.77. The Labute approximate surface area is 122 Å². The van der Waals surface area contributed by atoms with Crippen molar-refractivity contribution < 1.29 is 19.9 Å². The van der Waals surface area contributed by atoms with Crippen LogP contribution in [-0.2, 0) is 11.3 Å². The number of nitrogens with one attached hydrogen (secondary N) is 1. The second-order valence-electron chi connectivity index (χ2n) is 4.80. The Kier molecular flexibility index (Phi) is 6.35. The molecular weight excluding hydrogens is 278 g/mol. The van der Waals surface area contributed by atoms with E-state index in [-0.39, 0.29) is 42.8 Å². The minimum Gasteiger partial charge on any atom is -0.505 e. The number of nitro benzene ring substituents is 1. The van der Waals surface area contributed by atoms with Gasteiger partial charge in [-0.25, -0.2) is 0 Å². The molecule has 0 saturated carbocycles. The summed E-state index contributed by atoms with van der Waals surface area (Å²) in [7, 11) is 0. The third kappa shape index (κ3) is 4.85. The lowest BCUT2D eigenvalue weighted by Crippen LogP contribution is -2.20. The van der Waals surface area contributed by atoms with Crippen molar-refractivity contribution in [1.82, 2.24) is 0 Å². The van der Waals surface area contributed by atoms with Crippen LogP contribution in [0.25, 0.3) is 0 Å². The van der Waals surface area contributed by atoms with Gasteiger partial charge in [-0.2, -0.15) is 0 Å². The molecule has 0 amide bonds. The number of hydrogen-bond donors (Lipinski definition) is 4. The molecule has 0 spiro atoms. The molecule has 2 unspecified atom stereocenters. The first-order valence-electron chi connectivity index (χ1n) is 6.59. The molecule has 2 atom stereocenters. The van der Waals surface area contributed by atoms with Gasteiger partial charge in [0.2, 0.25) is 0 Å². The maximum Gasteiger partial charge on any atom is 0.278 e. The van der Waals surface area contributed by atoms with E-state index in [2.05, 4.69) is 5.32 Å². The molecule has 0 bridgehead atoms. The Morgan fingerprint density at radius 2 is 2.14 bits per heavy atom. The van der Waals surface area contributed by atoms with Crippen molar-refractivity contribution in [3.8, 4) is 5.75 Å². The van der Waals surface area contributed by atoms with Gasteiger partial charge in [0.15, 0.2) is 5.75 Å². The smallest absolute Gasteiger partial charge is 0.278 e. The Hall–Kier alpha value is -1.90. The summed E-state index contributed by atoms with van der Waals surface area (Å²) in [5.74, 6) is -0.255. The Balaban J connectivity index is 3.03. The lowest BCUT2D eigenvalue weighted by molar-refractivity contribution is -0.386. The highest BCUT2D eigenvalue weighted by Gasteiger charge is 2.21. The average Bonchev–Trinajstić information content (AvgIpc) is 2.43. The van der Waals surface area contributed by atoms with E-state index < -0.39 is 11.0 Å². The van der Waals surface area contributed by atoms with Crippen LogP contribution in [-0.4, -0.2) is 40.4 Å². The number of anilines is 1. The molecule has 0 aromatic heterocycles. The van der Waals surface area contributed by atoms with Crippen molar-refractivity contribution >= 4 is 11.4 Å². The van der Waals surface area contributed by atoms with Crippen molar-refractivity contribution in [3.05, 3.63) is 27.8 Å². The SMILES string of the molecule is CC(O)CNc1ccc([N+](=O)[O-])c(COC(C)CN)c1O. The molecule has 0 fully saturated rings. The van der Waals surface area contributed by atoms with Gasteiger partial charge in [0.05, 0.1) is 35.0 Å². The maximum atomic E-state index is 11.0. The molecule has 21 heavy (non-hydrogen) atoms. The highest BCUT2D eigenvalue weighted by Crippen LogP contribution is 2.35. The Morgan fingerprint density at radius 1 is 1.48 bits per heavy atom. The molecule has 1 aromatic rings. The fourth-order valence-corrected chi connectivity index (χ4v) is 1.63. The van der Waals surface area contributed by atoms with Gasteiger partial charge in [0.1, 0.15) is 0 Å². The van der Waals surface area contributed by atoms with Gasteiger partial charge in [-0.1, -0.05) is 0 Å². The first kappa shape index (κ1) is 17.2. The van der Waals surface area contributed by atoms with Crippen LogP contribution in [0.1, 0.15) is 19.4 Å². The summed E-state index contributed by atoms with van der Waals surface area (Å²) in [5.41, 5.74) is 5.58. The van der Waals surface area contributed by atoms with Crippen LogP contribution in [0.15, 0.2) is 12.1 Å². The summed E-state index contributed by atoms with van der Waals surface area (Å²) < 4.78 is 5.36. The molecule has 0 aliphatic heterocycles. The minimum absolute atomic E-state index is 0.0795. The molecule has 5 N–H and O–H groups in total. The summed E-state index contributed by atoms with van der Waals surface area (Å²) in [6.07, 6.45) is -0.894. The third-order valence-electron chi connectivity index (χ3n) is 2.89. The van der Waals surface area contributed by atoms with E-state index in [0.29, 0.717) is 5.69 Å². The molecule has 0 heterocycles. The number of rotatable bonds is 8. The molecule has 118 valence electrons. The number of nitrogens with zero attached hydrogens (tertiary/aromatic N) is 1. The molecule has 0 aliphatic carbocycles. The van der Waals surface area contributed by atoms with Gasteiger partial charge in [0.25, 0.3) is 5.69 Å². The van der Waals surface area contributed by atoms with Crippen LogP contribution in [0.4, 0.5) is 11.4 Å². The first-order valence-corrected chi connectivity index (χ1v) is 6.59. The predicted octanol–water partition coefficient (Wildman–Crippen LogP) is 0.957. The zero-order chi connectivity index (χ0) is 16.0. The van der Waals surface area contributed by atoms with Crippen LogP contribution in [0, 0.1) is 10.1 Å². The predicted molar refractivity (Wildman–Crippen MR) is 78.2 cm³/mol. The maximum absolute atomic E-state index is 11.0. The largest absolute Gasteiger partial charge is 0.505 e. The zero-order valence-corrected chi connectivity index (χ0v) is 12.1. The normalized spacial score (nSPS) is 13.7. The third-order valence-corrected chi connectivity index (χ3v) is 2.89. The summed E-state index contributed by atoms with van der Waals surface area (Å²) in [6.45, 7) is 3.69. The number of nitrogens with two attached hydrogens (primary N) is 1. The molecule has 1 aromatic carbocycles. The highest BCUT2D eigenvalue weighted by atomic mass is 16.6. The van der Waals surface area contributed by atoms with Crippen LogP contribution in [0.2, 0.25) is 0 Å². The molecular formula is C13H21N3O5.